The van der Waals surface area contributed by atoms with E-state index < -0.39 is 12.0 Å². The van der Waals surface area contributed by atoms with Crippen molar-refractivity contribution in [2.24, 2.45) is 0 Å². The van der Waals surface area contributed by atoms with Gasteiger partial charge in [-0.1, -0.05) is 111 Å². The van der Waals surface area contributed by atoms with Gasteiger partial charge in [0.2, 0.25) is 0 Å². The standard InChI is InChI=1S/C33H33ClN2O3/c1-33(2,3)26-15-9-22(10-16-26)21-35-30-19-27(34)17-18-28(30)32(39)36-29(20-31(37)38)25-13-11-24(12-14-25)23-7-5-4-6-8-23/h4-19,29,35H,20-21H2,1-3H3,(H,36,39)(H,37,38). The zero-order valence-corrected chi connectivity index (χ0v) is 23.1. The molecule has 1 atom stereocenters. The van der Waals surface area contributed by atoms with Crippen LogP contribution in [-0.4, -0.2) is 17.0 Å². The minimum atomic E-state index is -0.999. The normalized spacial score (nSPS) is 12.0. The molecule has 3 N–H and O–H groups in total. The smallest absolute Gasteiger partial charge is 0.305 e. The first-order valence-electron chi connectivity index (χ1n) is 12.9. The lowest BCUT2D eigenvalue weighted by molar-refractivity contribution is -0.137. The zero-order valence-electron chi connectivity index (χ0n) is 22.4. The van der Waals surface area contributed by atoms with Crippen LogP contribution in [0.5, 0.6) is 0 Å². The molecule has 0 spiro atoms. The van der Waals surface area contributed by atoms with E-state index in [0.29, 0.717) is 28.4 Å². The molecule has 0 aromatic heterocycles. The van der Waals surface area contributed by atoms with Crippen molar-refractivity contribution in [3.8, 4) is 11.1 Å². The molecule has 39 heavy (non-hydrogen) atoms. The highest BCUT2D eigenvalue weighted by Crippen LogP contribution is 2.27. The fourth-order valence-electron chi connectivity index (χ4n) is 4.38. The number of carbonyl (C=O) groups is 2. The highest BCUT2D eigenvalue weighted by molar-refractivity contribution is 6.31. The van der Waals surface area contributed by atoms with Gasteiger partial charge in [-0.05, 0) is 51.4 Å². The minimum Gasteiger partial charge on any atom is -0.481 e. The van der Waals surface area contributed by atoms with Gasteiger partial charge in [0.15, 0.2) is 0 Å². The summed E-state index contributed by atoms with van der Waals surface area (Å²) in [5.41, 5.74) is 6.14. The summed E-state index contributed by atoms with van der Waals surface area (Å²) in [6.45, 7) is 7.02. The van der Waals surface area contributed by atoms with E-state index in [0.717, 1.165) is 16.7 Å². The van der Waals surface area contributed by atoms with Crippen LogP contribution in [0.1, 0.15) is 60.3 Å². The van der Waals surface area contributed by atoms with Crippen LogP contribution in [0, 0.1) is 0 Å². The molecule has 200 valence electrons. The molecule has 0 saturated carbocycles. The first-order valence-corrected chi connectivity index (χ1v) is 13.3. The number of carbonyl (C=O) groups excluding carboxylic acids is 1. The number of hydrogen-bond acceptors (Lipinski definition) is 3. The maximum Gasteiger partial charge on any atom is 0.305 e. The lowest BCUT2D eigenvalue weighted by Crippen LogP contribution is -2.30. The van der Waals surface area contributed by atoms with Crippen molar-refractivity contribution < 1.29 is 14.7 Å². The number of anilines is 1. The maximum atomic E-state index is 13.4. The van der Waals surface area contributed by atoms with E-state index in [1.165, 1.54) is 5.56 Å². The number of aliphatic carboxylic acids is 1. The van der Waals surface area contributed by atoms with Crippen LogP contribution in [0.15, 0.2) is 97.1 Å². The molecule has 0 radical (unpaired) electrons. The molecule has 0 saturated heterocycles. The summed E-state index contributed by atoms with van der Waals surface area (Å²) in [4.78, 5) is 25.1. The van der Waals surface area contributed by atoms with Gasteiger partial charge >= 0.3 is 5.97 Å². The van der Waals surface area contributed by atoms with E-state index in [1.807, 2.05) is 54.6 Å². The molecule has 4 rings (SSSR count). The molecule has 0 aliphatic rings. The summed E-state index contributed by atoms with van der Waals surface area (Å²) in [6, 6.07) is 30.2. The van der Waals surface area contributed by atoms with Crippen LogP contribution in [0.4, 0.5) is 5.69 Å². The first-order chi connectivity index (χ1) is 18.6. The van der Waals surface area contributed by atoms with Crippen molar-refractivity contribution in [1.82, 2.24) is 5.32 Å². The third-order valence-electron chi connectivity index (χ3n) is 6.63. The van der Waals surface area contributed by atoms with Crippen molar-refractivity contribution in [3.05, 3.63) is 124 Å². The molecule has 0 heterocycles. The van der Waals surface area contributed by atoms with Gasteiger partial charge in [0.1, 0.15) is 0 Å². The third-order valence-corrected chi connectivity index (χ3v) is 6.87. The number of carboxylic acids is 1. The summed E-state index contributed by atoms with van der Waals surface area (Å²) in [7, 11) is 0. The molecule has 0 bridgehead atoms. The second kappa shape index (κ2) is 12.2. The van der Waals surface area contributed by atoms with Crippen molar-refractivity contribution in [3.63, 3.8) is 0 Å². The number of amides is 1. The highest BCUT2D eigenvalue weighted by Gasteiger charge is 2.21. The molecule has 0 aliphatic heterocycles. The monoisotopic (exact) mass is 540 g/mol. The Morgan fingerprint density at radius 2 is 1.49 bits per heavy atom. The number of carboxylic acid groups (broad SMARTS) is 1. The summed E-state index contributed by atoms with van der Waals surface area (Å²) in [5, 5.41) is 16.3. The average molecular weight is 541 g/mol. The van der Waals surface area contributed by atoms with E-state index in [2.05, 4.69) is 55.7 Å². The lowest BCUT2D eigenvalue weighted by Gasteiger charge is -2.20. The van der Waals surface area contributed by atoms with Crippen LogP contribution >= 0.6 is 11.6 Å². The SMILES string of the molecule is CC(C)(C)c1ccc(CNc2cc(Cl)ccc2C(=O)NC(CC(=O)O)c2ccc(-c3ccccc3)cc2)cc1. The highest BCUT2D eigenvalue weighted by atomic mass is 35.5. The van der Waals surface area contributed by atoms with E-state index in [-0.39, 0.29) is 17.7 Å². The Hall–Kier alpha value is -4.09. The summed E-state index contributed by atoms with van der Waals surface area (Å²) >= 11 is 6.26. The van der Waals surface area contributed by atoms with E-state index >= 15 is 0 Å². The first kappa shape index (κ1) is 27.9. The number of hydrogen-bond donors (Lipinski definition) is 3. The average Bonchev–Trinajstić information content (AvgIpc) is 2.91. The lowest BCUT2D eigenvalue weighted by atomic mass is 9.87. The van der Waals surface area contributed by atoms with Crippen LogP contribution < -0.4 is 10.6 Å². The molecule has 1 unspecified atom stereocenters. The van der Waals surface area contributed by atoms with E-state index in [1.54, 1.807) is 18.2 Å². The quantitative estimate of drug-likeness (QED) is 0.202. The maximum absolute atomic E-state index is 13.4. The van der Waals surface area contributed by atoms with Gasteiger partial charge in [-0.15, -0.1) is 0 Å². The molecule has 0 fully saturated rings. The molecule has 0 aliphatic carbocycles. The Morgan fingerprint density at radius 1 is 0.846 bits per heavy atom. The Morgan fingerprint density at radius 3 is 2.10 bits per heavy atom. The van der Waals surface area contributed by atoms with Gasteiger partial charge in [0.05, 0.1) is 18.0 Å². The Labute approximate surface area is 234 Å². The Kier molecular flexibility index (Phi) is 8.72. The van der Waals surface area contributed by atoms with Crippen LogP contribution in [0.3, 0.4) is 0 Å². The van der Waals surface area contributed by atoms with Crippen LogP contribution in [0.25, 0.3) is 11.1 Å². The summed E-state index contributed by atoms with van der Waals surface area (Å²) in [5.74, 6) is -1.38. The van der Waals surface area contributed by atoms with Crippen molar-refractivity contribution in [1.29, 1.82) is 0 Å². The van der Waals surface area contributed by atoms with Gasteiger partial charge in [-0.25, -0.2) is 0 Å². The molecular formula is C33H33ClN2O3. The van der Waals surface area contributed by atoms with Gasteiger partial charge in [-0.2, -0.15) is 0 Å². The predicted molar refractivity (Wildman–Crippen MR) is 158 cm³/mol. The predicted octanol–water partition coefficient (Wildman–Crippen LogP) is 7.86. The summed E-state index contributed by atoms with van der Waals surface area (Å²) in [6.07, 6.45) is -0.243. The van der Waals surface area contributed by atoms with Crippen LogP contribution in [-0.2, 0) is 16.8 Å². The topological polar surface area (TPSA) is 78.4 Å². The molecular weight excluding hydrogens is 508 g/mol. The second-order valence-corrected chi connectivity index (χ2v) is 11.0. The fourth-order valence-corrected chi connectivity index (χ4v) is 4.55. The van der Waals surface area contributed by atoms with Crippen molar-refractivity contribution >= 4 is 29.2 Å². The zero-order chi connectivity index (χ0) is 28.0. The van der Waals surface area contributed by atoms with Gasteiger partial charge < -0.3 is 15.7 Å². The largest absolute Gasteiger partial charge is 0.481 e. The molecule has 4 aromatic carbocycles. The van der Waals surface area contributed by atoms with E-state index in [9.17, 15) is 14.7 Å². The van der Waals surface area contributed by atoms with Gasteiger partial charge in [-0.3, -0.25) is 9.59 Å². The number of benzene rings is 4. The molecule has 4 aromatic rings. The number of nitrogens with one attached hydrogen (secondary N) is 2. The molecule has 6 heteroatoms. The Balaban J connectivity index is 1.52. The number of halogens is 1. The molecule has 1 amide bonds. The van der Waals surface area contributed by atoms with Gasteiger partial charge in [0, 0.05) is 17.3 Å². The third kappa shape index (κ3) is 7.49. The van der Waals surface area contributed by atoms with Crippen molar-refractivity contribution in [2.75, 3.05) is 5.32 Å². The second-order valence-electron chi connectivity index (χ2n) is 10.6. The van der Waals surface area contributed by atoms with Crippen LogP contribution in [0.2, 0.25) is 5.02 Å². The van der Waals surface area contributed by atoms with Gasteiger partial charge in [0.25, 0.3) is 5.91 Å². The van der Waals surface area contributed by atoms with E-state index in [4.69, 9.17) is 11.6 Å². The Bertz CT molecular complexity index is 1430. The van der Waals surface area contributed by atoms with Crippen molar-refractivity contribution in [2.45, 2.75) is 45.2 Å². The molecule has 5 nitrogen and oxygen atoms in total. The number of rotatable bonds is 9. The minimum absolute atomic E-state index is 0.0680. The fraction of sp³-hybridized carbons (Fsp3) is 0.212. The summed E-state index contributed by atoms with van der Waals surface area (Å²) < 4.78 is 0.